The van der Waals surface area contributed by atoms with Gasteiger partial charge < -0.3 is 9.79 Å². The average Bonchev–Trinajstić information content (AvgIpc) is 3.40. The molecule has 162 valence electrons. The van der Waals surface area contributed by atoms with Gasteiger partial charge in [0.05, 0.1) is 43.3 Å². The van der Waals surface area contributed by atoms with Crippen molar-refractivity contribution in [2.45, 2.75) is 13.1 Å². The van der Waals surface area contributed by atoms with Crippen molar-refractivity contribution < 1.29 is 18.9 Å². The van der Waals surface area contributed by atoms with Gasteiger partial charge in [-0.25, -0.2) is 19.2 Å². The van der Waals surface area contributed by atoms with Crippen LogP contribution >= 0.6 is 7.82 Å². The molecule has 0 radical (unpaired) electrons. The molecule has 0 aliphatic heterocycles. The molecule has 2 N–H and O–H groups in total. The number of phosphoric acid groups is 1. The van der Waals surface area contributed by atoms with Crippen molar-refractivity contribution in [1.29, 1.82) is 0 Å². The van der Waals surface area contributed by atoms with Crippen molar-refractivity contribution in [2.75, 3.05) is 6.61 Å². The summed E-state index contributed by atoms with van der Waals surface area (Å²) in [6, 6.07) is 9.91. The van der Waals surface area contributed by atoms with Gasteiger partial charge in [-0.2, -0.15) is 5.10 Å². The molecule has 0 atom stereocenters. The lowest BCUT2D eigenvalue weighted by Crippen LogP contribution is -2.05. The predicted octanol–water partition coefficient (Wildman–Crippen LogP) is 1.79. The summed E-state index contributed by atoms with van der Waals surface area (Å²) >= 11 is 0. The number of hydrogen-bond acceptors (Lipinski definition) is 8. The van der Waals surface area contributed by atoms with E-state index in [1.165, 1.54) is 4.68 Å². The highest BCUT2D eigenvalue weighted by atomic mass is 31.2. The van der Waals surface area contributed by atoms with Gasteiger partial charge in [-0.1, -0.05) is 17.3 Å². The Morgan fingerprint density at radius 1 is 1.12 bits per heavy atom. The first-order valence-electron chi connectivity index (χ1n) is 9.57. The van der Waals surface area contributed by atoms with E-state index in [0.717, 1.165) is 16.5 Å². The van der Waals surface area contributed by atoms with E-state index in [4.69, 9.17) is 9.79 Å². The normalized spacial score (nSPS) is 12.1. The zero-order valence-electron chi connectivity index (χ0n) is 16.6. The number of aromatic nitrogens is 8. The maximum absolute atomic E-state index is 10.8. The lowest BCUT2D eigenvalue weighted by atomic mass is 10.1. The van der Waals surface area contributed by atoms with Crippen LogP contribution in [0.5, 0.6) is 0 Å². The Morgan fingerprint density at radius 3 is 2.91 bits per heavy atom. The smallest absolute Gasteiger partial charge is 0.303 e. The van der Waals surface area contributed by atoms with Gasteiger partial charge in [-0.15, -0.1) is 5.10 Å². The molecule has 32 heavy (non-hydrogen) atoms. The molecule has 0 aliphatic carbocycles. The fourth-order valence-electron chi connectivity index (χ4n) is 3.27. The van der Waals surface area contributed by atoms with Gasteiger partial charge in [-0.05, 0) is 23.8 Å². The Bertz CT molecular complexity index is 1460. The number of benzene rings is 1. The third kappa shape index (κ3) is 4.39. The van der Waals surface area contributed by atoms with Crippen LogP contribution in [0.25, 0.3) is 33.5 Å². The van der Waals surface area contributed by atoms with Crippen LogP contribution in [0.4, 0.5) is 0 Å². The summed E-state index contributed by atoms with van der Waals surface area (Å²) in [6.07, 6.45) is 6.63. The third-order valence-electron chi connectivity index (χ3n) is 4.74. The van der Waals surface area contributed by atoms with Crippen molar-refractivity contribution in [2.24, 2.45) is 0 Å². The SMILES string of the molecule is O=P(O)(O)OCCn1cc(-c2cnc3nnn(Cc4ccc5ncccc5c4)c3n2)cn1. The Morgan fingerprint density at radius 2 is 2.03 bits per heavy atom. The van der Waals surface area contributed by atoms with Crippen molar-refractivity contribution in [3.05, 3.63) is 60.7 Å². The van der Waals surface area contributed by atoms with E-state index in [-0.39, 0.29) is 13.2 Å². The first-order valence-corrected chi connectivity index (χ1v) is 11.1. The number of fused-ring (bicyclic) bond motifs is 2. The lowest BCUT2D eigenvalue weighted by Gasteiger charge is -2.05. The first kappa shape index (κ1) is 20.3. The molecule has 0 amide bonds. The number of hydrogen-bond donors (Lipinski definition) is 2. The van der Waals surface area contributed by atoms with Crippen LogP contribution in [-0.4, -0.2) is 56.1 Å². The molecule has 13 heteroatoms. The van der Waals surface area contributed by atoms with Crippen molar-refractivity contribution in [1.82, 2.24) is 39.7 Å². The van der Waals surface area contributed by atoms with Crippen LogP contribution in [0, 0.1) is 0 Å². The molecule has 5 aromatic rings. The fourth-order valence-corrected chi connectivity index (χ4v) is 3.59. The van der Waals surface area contributed by atoms with Crippen LogP contribution in [0.2, 0.25) is 0 Å². The molecule has 0 bridgehead atoms. The van der Waals surface area contributed by atoms with Gasteiger partial charge in [0.2, 0.25) is 5.65 Å². The monoisotopic (exact) mass is 452 g/mol. The molecule has 0 saturated heterocycles. The van der Waals surface area contributed by atoms with E-state index in [0.29, 0.717) is 29.1 Å². The first-order chi connectivity index (χ1) is 15.4. The molecule has 0 unspecified atom stereocenters. The largest absolute Gasteiger partial charge is 0.469 e. The molecule has 4 heterocycles. The fraction of sp³-hybridized carbons (Fsp3) is 0.158. The average molecular weight is 452 g/mol. The van der Waals surface area contributed by atoms with Gasteiger partial charge >= 0.3 is 7.82 Å². The Labute approximate surface area is 180 Å². The van der Waals surface area contributed by atoms with Gasteiger partial charge in [0, 0.05) is 23.3 Å². The third-order valence-corrected chi connectivity index (χ3v) is 5.25. The second-order valence-corrected chi connectivity index (χ2v) is 8.24. The molecule has 0 saturated carbocycles. The van der Waals surface area contributed by atoms with Crippen molar-refractivity contribution in [3.8, 4) is 11.3 Å². The van der Waals surface area contributed by atoms with Crippen LogP contribution in [0.1, 0.15) is 5.56 Å². The van der Waals surface area contributed by atoms with E-state index >= 15 is 0 Å². The highest BCUT2D eigenvalue weighted by Crippen LogP contribution is 2.35. The summed E-state index contributed by atoms with van der Waals surface area (Å²) in [5, 5.41) is 13.5. The summed E-state index contributed by atoms with van der Waals surface area (Å²) in [7, 11) is -4.51. The zero-order valence-corrected chi connectivity index (χ0v) is 17.4. The van der Waals surface area contributed by atoms with Gasteiger partial charge in [0.25, 0.3) is 0 Å². The quantitative estimate of drug-likeness (QED) is 0.349. The summed E-state index contributed by atoms with van der Waals surface area (Å²) in [4.78, 5) is 30.9. The summed E-state index contributed by atoms with van der Waals surface area (Å²) in [6.45, 7) is 0.476. The number of rotatable bonds is 7. The van der Waals surface area contributed by atoms with Crippen LogP contribution in [-0.2, 0) is 22.2 Å². The van der Waals surface area contributed by atoms with Gasteiger partial charge in [-0.3, -0.25) is 14.2 Å². The molecule has 5 rings (SSSR count). The zero-order chi connectivity index (χ0) is 22.1. The van der Waals surface area contributed by atoms with E-state index in [1.54, 1.807) is 29.5 Å². The summed E-state index contributed by atoms with van der Waals surface area (Å²) < 4.78 is 18.4. The Hall–Kier alpha value is -3.57. The maximum Gasteiger partial charge on any atom is 0.469 e. The molecule has 0 aliphatic rings. The van der Waals surface area contributed by atoms with Gasteiger partial charge in [0.1, 0.15) is 0 Å². The molecular formula is C19H17N8O4P. The second kappa shape index (κ2) is 8.17. The topological polar surface area (TPSA) is 154 Å². The molecular weight excluding hydrogens is 435 g/mol. The predicted molar refractivity (Wildman–Crippen MR) is 113 cm³/mol. The van der Waals surface area contributed by atoms with Crippen LogP contribution in [0.15, 0.2) is 55.1 Å². The Balaban J connectivity index is 1.38. The van der Waals surface area contributed by atoms with E-state index in [2.05, 4.69) is 41.0 Å². The number of phosphoric ester groups is 1. The van der Waals surface area contributed by atoms with E-state index in [9.17, 15) is 4.57 Å². The van der Waals surface area contributed by atoms with Crippen molar-refractivity contribution in [3.63, 3.8) is 0 Å². The minimum absolute atomic E-state index is 0.173. The van der Waals surface area contributed by atoms with Crippen molar-refractivity contribution >= 4 is 30.0 Å². The summed E-state index contributed by atoms with van der Waals surface area (Å²) in [5.74, 6) is 0. The molecule has 0 spiro atoms. The molecule has 1 aromatic carbocycles. The van der Waals surface area contributed by atoms with Crippen LogP contribution in [0.3, 0.4) is 0 Å². The minimum Gasteiger partial charge on any atom is -0.303 e. The lowest BCUT2D eigenvalue weighted by molar-refractivity contribution is 0.188. The standard InChI is InChI=1S/C19H17N8O4P/c28-32(29,30)31-7-6-26-12-15(9-22-26)17-10-21-18-19(23-17)27(25-24-18)11-13-3-4-16-14(8-13)2-1-5-20-16/h1-5,8-10,12H,6-7,11H2,(H2,28,29,30). The van der Waals surface area contributed by atoms with Gasteiger partial charge in [0.15, 0.2) is 5.65 Å². The van der Waals surface area contributed by atoms with E-state index in [1.807, 2.05) is 24.3 Å². The summed E-state index contributed by atoms with van der Waals surface area (Å²) in [5.41, 5.74) is 4.18. The molecule has 4 aromatic heterocycles. The van der Waals surface area contributed by atoms with E-state index < -0.39 is 7.82 Å². The molecule has 0 fully saturated rings. The minimum atomic E-state index is -4.51. The Kier molecular flexibility index (Phi) is 5.19. The number of nitrogens with zero attached hydrogens (tertiary/aromatic N) is 8. The highest BCUT2D eigenvalue weighted by Gasteiger charge is 2.14. The highest BCUT2D eigenvalue weighted by molar-refractivity contribution is 7.46. The number of pyridine rings is 1. The second-order valence-electron chi connectivity index (χ2n) is 7.00. The van der Waals surface area contributed by atoms with Crippen LogP contribution < -0.4 is 0 Å². The molecule has 12 nitrogen and oxygen atoms in total. The maximum atomic E-state index is 10.8.